The average Bonchev–Trinajstić information content (AvgIpc) is 3.38. The van der Waals surface area contributed by atoms with Gasteiger partial charge >= 0.3 is 0 Å². The lowest BCUT2D eigenvalue weighted by Crippen LogP contribution is -2.14. The maximum absolute atomic E-state index is 13.4. The van der Waals surface area contributed by atoms with Gasteiger partial charge in [-0.25, -0.2) is 4.39 Å². The van der Waals surface area contributed by atoms with Gasteiger partial charge in [-0.15, -0.1) is 21.5 Å². The summed E-state index contributed by atoms with van der Waals surface area (Å²) in [5, 5.41) is 14.0. The Morgan fingerprint density at radius 1 is 1.10 bits per heavy atom. The minimum atomic E-state index is -0.314. The number of carbonyl (C=O) groups excluding carboxylic acids is 1. The first kappa shape index (κ1) is 19.4. The van der Waals surface area contributed by atoms with Crippen LogP contribution < -0.4 is 5.32 Å². The smallest absolute Gasteiger partial charge is 0.234 e. The Hall–Kier alpha value is -2.97. The Bertz CT molecular complexity index is 1110. The first-order valence-corrected chi connectivity index (χ1v) is 10.7. The zero-order chi connectivity index (χ0) is 20.2. The molecule has 29 heavy (non-hydrogen) atoms. The van der Waals surface area contributed by atoms with E-state index in [0.29, 0.717) is 11.0 Å². The Kier molecular flexibility index (Phi) is 5.73. The van der Waals surface area contributed by atoms with Crippen LogP contribution in [0, 0.1) is 12.7 Å². The number of nitrogens with one attached hydrogen (secondary N) is 1. The summed E-state index contributed by atoms with van der Waals surface area (Å²) in [5.74, 6) is 0.391. The summed E-state index contributed by atoms with van der Waals surface area (Å²) < 4.78 is 15.2. The summed E-state index contributed by atoms with van der Waals surface area (Å²) in [6, 6.07) is 17.7. The van der Waals surface area contributed by atoms with E-state index in [1.807, 2.05) is 53.3 Å². The molecule has 2 heterocycles. The van der Waals surface area contributed by atoms with Gasteiger partial charge in [0.1, 0.15) is 5.82 Å². The van der Waals surface area contributed by atoms with Gasteiger partial charge in [-0.3, -0.25) is 9.36 Å². The van der Waals surface area contributed by atoms with Gasteiger partial charge < -0.3 is 5.32 Å². The summed E-state index contributed by atoms with van der Waals surface area (Å²) in [5.41, 5.74) is 2.62. The second-order valence-corrected chi connectivity index (χ2v) is 8.19. The van der Waals surface area contributed by atoms with Gasteiger partial charge in [-0.2, -0.15) is 0 Å². The van der Waals surface area contributed by atoms with Crippen molar-refractivity contribution < 1.29 is 9.18 Å². The van der Waals surface area contributed by atoms with Crippen LogP contribution >= 0.6 is 23.1 Å². The Balaban J connectivity index is 1.56. The van der Waals surface area contributed by atoms with E-state index in [1.54, 1.807) is 23.5 Å². The van der Waals surface area contributed by atoms with E-state index in [9.17, 15) is 9.18 Å². The van der Waals surface area contributed by atoms with Crippen LogP contribution in [0.1, 0.15) is 5.56 Å². The molecule has 0 unspecified atom stereocenters. The minimum Gasteiger partial charge on any atom is -0.325 e. The molecule has 1 N–H and O–H groups in total. The number of halogens is 1. The highest BCUT2D eigenvalue weighted by Crippen LogP contribution is 2.30. The van der Waals surface area contributed by atoms with Gasteiger partial charge in [0, 0.05) is 11.4 Å². The molecule has 1 amide bonds. The molecule has 0 spiro atoms. The van der Waals surface area contributed by atoms with Crippen LogP contribution in [-0.2, 0) is 4.79 Å². The van der Waals surface area contributed by atoms with Crippen molar-refractivity contribution >= 4 is 34.7 Å². The molecule has 0 aliphatic rings. The zero-order valence-electron chi connectivity index (χ0n) is 15.5. The van der Waals surface area contributed by atoms with Gasteiger partial charge in [-0.05, 0) is 54.8 Å². The lowest BCUT2D eigenvalue weighted by molar-refractivity contribution is -0.113. The Labute approximate surface area is 175 Å². The number of hydrogen-bond donors (Lipinski definition) is 1. The molecule has 0 bridgehead atoms. The van der Waals surface area contributed by atoms with Gasteiger partial charge in [0.2, 0.25) is 5.91 Å². The molecule has 4 rings (SSSR count). The number of rotatable bonds is 6. The molecular formula is C21H17FN4OS2. The summed E-state index contributed by atoms with van der Waals surface area (Å²) in [7, 11) is 0. The van der Waals surface area contributed by atoms with Crippen molar-refractivity contribution in [3.05, 3.63) is 77.4 Å². The molecule has 0 aliphatic heterocycles. The van der Waals surface area contributed by atoms with Crippen molar-refractivity contribution in [2.45, 2.75) is 12.1 Å². The third-order valence-corrected chi connectivity index (χ3v) is 5.92. The second kappa shape index (κ2) is 8.59. The number of nitrogens with zero attached hydrogens (tertiary/aromatic N) is 3. The second-order valence-electron chi connectivity index (χ2n) is 6.30. The first-order valence-electron chi connectivity index (χ1n) is 8.85. The van der Waals surface area contributed by atoms with Crippen LogP contribution in [0.3, 0.4) is 0 Å². The van der Waals surface area contributed by atoms with Crippen molar-refractivity contribution in [3.63, 3.8) is 0 Å². The van der Waals surface area contributed by atoms with E-state index in [1.165, 1.54) is 23.9 Å². The van der Waals surface area contributed by atoms with Crippen molar-refractivity contribution in [2.75, 3.05) is 11.1 Å². The van der Waals surface area contributed by atoms with E-state index in [0.717, 1.165) is 21.8 Å². The van der Waals surface area contributed by atoms with Gasteiger partial charge in [0.25, 0.3) is 0 Å². The van der Waals surface area contributed by atoms with Gasteiger partial charge in [0.05, 0.1) is 10.6 Å². The van der Waals surface area contributed by atoms with Crippen LogP contribution in [0.15, 0.2) is 71.2 Å². The summed E-state index contributed by atoms with van der Waals surface area (Å²) in [6.07, 6.45) is 0. The SMILES string of the molecule is Cc1ccc(NC(=O)CSc2nnc(-c3cccs3)n2-c2ccc(F)cc2)cc1. The highest BCUT2D eigenvalue weighted by molar-refractivity contribution is 7.99. The molecule has 4 aromatic rings. The summed E-state index contributed by atoms with van der Waals surface area (Å²) >= 11 is 2.83. The Morgan fingerprint density at radius 2 is 1.86 bits per heavy atom. The monoisotopic (exact) mass is 424 g/mol. The lowest BCUT2D eigenvalue weighted by atomic mass is 10.2. The molecule has 5 nitrogen and oxygen atoms in total. The zero-order valence-corrected chi connectivity index (χ0v) is 17.1. The molecule has 0 aliphatic carbocycles. The average molecular weight is 425 g/mol. The maximum Gasteiger partial charge on any atom is 0.234 e. The first-order chi connectivity index (χ1) is 14.1. The maximum atomic E-state index is 13.4. The van der Waals surface area contributed by atoms with Crippen molar-refractivity contribution in [1.29, 1.82) is 0 Å². The minimum absolute atomic E-state index is 0.134. The molecule has 2 aromatic heterocycles. The molecular weight excluding hydrogens is 407 g/mol. The van der Waals surface area contributed by atoms with Crippen LogP contribution in [0.5, 0.6) is 0 Å². The van der Waals surface area contributed by atoms with Gasteiger partial charge in [0.15, 0.2) is 11.0 Å². The van der Waals surface area contributed by atoms with E-state index in [-0.39, 0.29) is 17.5 Å². The lowest BCUT2D eigenvalue weighted by Gasteiger charge is -2.10. The fourth-order valence-electron chi connectivity index (χ4n) is 2.72. The summed E-state index contributed by atoms with van der Waals surface area (Å²) in [6.45, 7) is 1.99. The number of anilines is 1. The fourth-order valence-corrected chi connectivity index (χ4v) is 4.17. The third kappa shape index (κ3) is 4.55. The van der Waals surface area contributed by atoms with E-state index in [2.05, 4.69) is 15.5 Å². The van der Waals surface area contributed by atoms with Crippen molar-refractivity contribution in [1.82, 2.24) is 14.8 Å². The Morgan fingerprint density at radius 3 is 2.55 bits per heavy atom. The molecule has 146 valence electrons. The van der Waals surface area contributed by atoms with Crippen molar-refractivity contribution in [3.8, 4) is 16.4 Å². The van der Waals surface area contributed by atoms with Crippen LogP contribution in [0.2, 0.25) is 0 Å². The molecule has 0 saturated carbocycles. The highest BCUT2D eigenvalue weighted by atomic mass is 32.2. The number of thiophene rings is 1. The predicted octanol–water partition coefficient (Wildman–Crippen LogP) is 5.17. The van der Waals surface area contributed by atoms with Gasteiger partial charge in [-0.1, -0.05) is 35.5 Å². The van der Waals surface area contributed by atoms with E-state index >= 15 is 0 Å². The largest absolute Gasteiger partial charge is 0.325 e. The molecule has 0 saturated heterocycles. The normalized spacial score (nSPS) is 10.8. The third-order valence-electron chi connectivity index (χ3n) is 4.13. The quantitative estimate of drug-likeness (QED) is 0.434. The summed E-state index contributed by atoms with van der Waals surface area (Å²) in [4.78, 5) is 13.3. The number of benzene rings is 2. The number of aromatic nitrogens is 3. The van der Waals surface area contributed by atoms with Crippen LogP contribution in [0.4, 0.5) is 10.1 Å². The standard InChI is InChI=1S/C21H17FN4OS2/c1-14-4-8-16(9-5-14)23-19(27)13-29-21-25-24-20(18-3-2-12-28-18)26(21)17-10-6-15(22)7-11-17/h2-12H,13H2,1H3,(H,23,27). The van der Waals surface area contributed by atoms with Crippen molar-refractivity contribution in [2.24, 2.45) is 0 Å². The number of hydrogen-bond acceptors (Lipinski definition) is 5. The van der Waals surface area contributed by atoms with Crippen LogP contribution in [-0.4, -0.2) is 26.4 Å². The predicted molar refractivity (Wildman–Crippen MR) is 115 cm³/mol. The number of carbonyl (C=O) groups is 1. The number of amides is 1. The fraction of sp³-hybridized carbons (Fsp3) is 0.0952. The van der Waals surface area contributed by atoms with E-state index < -0.39 is 0 Å². The molecule has 0 radical (unpaired) electrons. The van der Waals surface area contributed by atoms with E-state index in [4.69, 9.17) is 0 Å². The molecule has 2 aromatic carbocycles. The topological polar surface area (TPSA) is 59.8 Å². The molecule has 0 fully saturated rings. The number of aryl methyl sites for hydroxylation is 1. The van der Waals surface area contributed by atoms with Crippen LogP contribution in [0.25, 0.3) is 16.4 Å². The molecule has 8 heteroatoms. The number of thioether (sulfide) groups is 1. The highest BCUT2D eigenvalue weighted by Gasteiger charge is 2.18. The molecule has 0 atom stereocenters.